The van der Waals surface area contributed by atoms with E-state index >= 15 is 0 Å². The molecule has 3 aliphatic rings. The Balaban J connectivity index is 1.99. The molecule has 2 heterocycles. The molecule has 3 nitrogen and oxygen atoms in total. The van der Waals surface area contributed by atoms with Crippen LogP contribution in [0.5, 0.6) is 0 Å². The van der Waals surface area contributed by atoms with E-state index in [-0.39, 0.29) is 5.91 Å². The monoisotopic (exact) mass is 242 g/mol. The van der Waals surface area contributed by atoms with E-state index in [0.717, 1.165) is 30.7 Å². The smallest absolute Gasteiger partial charge is 0.257 e. The number of allylic oxidation sites excluding steroid dienone is 2. The summed E-state index contributed by atoms with van der Waals surface area (Å²) in [5, 5.41) is 3.34. The van der Waals surface area contributed by atoms with Crippen LogP contribution in [-0.4, -0.2) is 29.4 Å². The number of nitrogens with zero attached hydrogens (tertiary/aromatic N) is 1. The lowest BCUT2D eigenvalue weighted by molar-refractivity contribution is -0.130. The van der Waals surface area contributed by atoms with Crippen molar-refractivity contribution in [1.29, 1.82) is 0 Å². The van der Waals surface area contributed by atoms with Crippen LogP contribution in [0.4, 0.5) is 0 Å². The molecule has 2 fully saturated rings. The van der Waals surface area contributed by atoms with Gasteiger partial charge in [0.15, 0.2) is 0 Å². The molecule has 2 atom stereocenters. The first-order valence-electron chi connectivity index (χ1n) is 6.67. The van der Waals surface area contributed by atoms with Gasteiger partial charge >= 0.3 is 0 Å². The molecule has 0 spiro atoms. The molecule has 18 heavy (non-hydrogen) atoms. The summed E-state index contributed by atoms with van der Waals surface area (Å²) in [6, 6.07) is 0.699. The highest BCUT2D eigenvalue weighted by Gasteiger charge is 2.41. The van der Waals surface area contributed by atoms with E-state index in [1.165, 1.54) is 0 Å². The molecule has 1 amide bonds. The lowest BCUT2D eigenvalue weighted by atomic mass is 10.0. The Morgan fingerprint density at radius 3 is 3.06 bits per heavy atom. The molecular formula is C15H18N2O. The summed E-state index contributed by atoms with van der Waals surface area (Å²) in [4.78, 5) is 14.8. The van der Waals surface area contributed by atoms with Crippen molar-refractivity contribution in [2.45, 2.75) is 38.8 Å². The molecular weight excluding hydrogens is 224 g/mol. The Bertz CT molecular complexity index is 517. The highest BCUT2D eigenvalue weighted by molar-refractivity contribution is 5.99. The summed E-state index contributed by atoms with van der Waals surface area (Å²) in [6.45, 7) is 5.23. The van der Waals surface area contributed by atoms with Crippen molar-refractivity contribution in [1.82, 2.24) is 10.2 Å². The standard InChI is InChI=1S/C15H18N2O/c1-10(2)14-8-7-11-9-16-13-6-4-3-5-12(13)15(18)17(11)14/h3,5,10-11,14,16H,7-9H2,1-2H3/t11-,14+/m0/s1. The van der Waals surface area contributed by atoms with E-state index in [1.807, 2.05) is 6.08 Å². The Hall–Kier alpha value is -1.69. The summed E-state index contributed by atoms with van der Waals surface area (Å²) in [5.41, 5.74) is 7.46. The maximum atomic E-state index is 12.7. The van der Waals surface area contributed by atoms with Crippen LogP contribution in [0.15, 0.2) is 34.9 Å². The third-order valence-corrected chi connectivity index (χ3v) is 4.10. The zero-order chi connectivity index (χ0) is 12.7. The predicted octanol–water partition coefficient (Wildman–Crippen LogP) is 1.74. The van der Waals surface area contributed by atoms with Gasteiger partial charge in [0.25, 0.3) is 5.91 Å². The summed E-state index contributed by atoms with van der Waals surface area (Å²) < 4.78 is 0. The second-order valence-electron chi connectivity index (χ2n) is 5.53. The highest BCUT2D eigenvalue weighted by atomic mass is 16.2. The van der Waals surface area contributed by atoms with Crippen molar-refractivity contribution < 1.29 is 4.79 Å². The number of hydrogen-bond donors (Lipinski definition) is 1. The minimum absolute atomic E-state index is 0.154. The van der Waals surface area contributed by atoms with Gasteiger partial charge in [-0.2, -0.15) is 0 Å². The van der Waals surface area contributed by atoms with Crippen molar-refractivity contribution in [2.75, 3.05) is 6.54 Å². The van der Waals surface area contributed by atoms with Gasteiger partial charge in [-0.05, 0) is 36.6 Å². The maximum absolute atomic E-state index is 12.7. The van der Waals surface area contributed by atoms with Gasteiger partial charge < -0.3 is 10.2 Å². The van der Waals surface area contributed by atoms with Crippen LogP contribution in [0.2, 0.25) is 0 Å². The van der Waals surface area contributed by atoms with E-state index in [9.17, 15) is 4.79 Å². The fourth-order valence-electron chi connectivity index (χ4n) is 3.15. The van der Waals surface area contributed by atoms with Crippen molar-refractivity contribution in [2.24, 2.45) is 5.92 Å². The van der Waals surface area contributed by atoms with Crippen molar-refractivity contribution in [3.05, 3.63) is 34.9 Å². The Kier molecular flexibility index (Phi) is 2.66. The molecule has 1 N–H and O–H groups in total. The molecule has 3 rings (SSSR count). The zero-order valence-corrected chi connectivity index (χ0v) is 10.9. The van der Waals surface area contributed by atoms with Crippen LogP contribution >= 0.6 is 0 Å². The fraction of sp³-hybridized carbons (Fsp3) is 0.533. The first kappa shape index (κ1) is 11.4. The summed E-state index contributed by atoms with van der Waals surface area (Å²) in [6.07, 6.45) is 5.82. The summed E-state index contributed by atoms with van der Waals surface area (Å²) in [5.74, 6) is 0.668. The van der Waals surface area contributed by atoms with E-state index in [0.29, 0.717) is 18.0 Å². The van der Waals surface area contributed by atoms with E-state index in [1.54, 1.807) is 6.08 Å². The van der Waals surface area contributed by atoms with E-state index in [2.05, 4.69) is 35.5 Å². The molecule has 0 aromatic carbocycles. The summed E-state index contributed by atoms with van der Waals surface area (Å²) in [7, 11) is 0. The second kappa shape index (κ2) is 4.20. The zero-order valence-electron chi connectivity index (χ0n) is 10.9. The normalized spacial score (nSPS) is 29.5. The van der Waals surface area contributed by atoms with Gasteiger partial charge in [0.05, 0.1) is 11.3 Å². The highest BCUT2D eigenvalue weighted by Crippen LogP contribution is 2.33. The van der Waals surface area contributed by atoms with Gasteiger partial charge in [0, 0.05) is 18.6 Å². The van der Waals surface area contributed by atoms with Gasteiger partial charge in [0.2, 0.25) is 0 Å². The first-order valence-corrected chi connectivity index (χ1v) is 6.67. The van der Waals surface area contributed by atoms with Gasteiger partial charge in [-0.15, -0.1) is 0 Å². The molecule has 2 saturated heterocycles. The van der Waals surface area contributed by atoms with Crippen molar-refractivity contribution >= 4 is 5.91 Å². The maximum Gasteiger partial charge on any atom is 0.257 e. The molecule has 94 valence electrons. The topological polar surface area (TPSA) is 32.3 Å². The van der Waals surface area contributed by atoms with Crippen molar-refractivity contribution in [3.63, 3.8) is 0 Å². The number of carbonyl (C=O) groups excluding carboxylic acids is 1. The Morgan fingerprint density at radius 2 is 2.28 bits per heavy atom. The molecule has 2 aliphatic heterocycles. The minimum Gasteiger partial charge on any atom is -0.375 e. The lowest BCUT2D eigenvalue weighted by Crippen LogP contribution is -2.44. The Morgan fingerprint density at radius 1 is 1.44 bits per heavy atom. The Labute approximate surface area is 108 Å². The van der Waals surface area contributed by atoms with Gasteiger partial charge in [-0.25, -0.2) is 0 Å². The lowest BCUT2D eigenvalue weighted by Gasteiger charge is -2.31. The average molecular weight is 242 g/mol. The minimum atomic E-state index is 0.154. The molecule has 0 bridgehead atoms. The predicted molar refractivity (Wildman–Crippen MR) is 69.7 cm³/mol. The second-order valence-corrected chi connectivity index (χ2v) is 5.53. The largest absolute Gasteiger partial charge is 0.375 e. The van der Waals surface area contributed by atoms with Gasteiger partial charge in [0.1, 0.15) is 0 Å². The number of rotatable bonds is 1. The van der Waals surface area contributed by atoms with E-state index < -0.39 is 0 Å². The molecule has 0 saturated carbocycles. The van der Waals surface area contributed by atoms with Crippen LogP contribution in [0.3, 0.4) is 0 Å². The molecule has 1 aliphatic carbocycles. The van der Waals surface area contributed by atoms with Gasteiger partial charge in [-0.1, -0.05) is 19.6 Å². The van der Waals surface area contributed by atoms with Crippen LogP contribution in [-0.2, 0) is 4.79 Å². The molecule has 0 radical (unpaired) electrons. The number of amides is 1. The fourth-order valence-corrected chi connectivity index (χ4v) is 3.15. The molecule has 0 unspecified atom stereocenters. The number of hydrogen-bond acceptors (Lipinski definition) is 2. The molecule has 3 heteroatoms. The number of nitrogens with one attached hydrogen (secondary N) is 1. The molecule has 0 aromatic rings. The van der Waals surface area contributed by atoms with Crippen LogP contribution in [0.1, 0.15) is 26.7 Å². The van der Waals surface area contributed by atoms with E-state index in [4.69, 9.17) is 0 Å². The summed E-state index contributed by atoms with van der Waals surface area (Å²) >= 11 is 0. The first-order chi connectivity index (χ1) is 8.68. The van der Waals surface area contributed by atoms with Gasteiger partial charge in [-0.3, -0.25) is 4.79 Å². The van der Waals surface area contributed by atoms with Crippen LogP contribution in [0.25, 0.3) is 0 Å². The van der Waals surface area contributed by atoms with Crippen LogP contribution in [0, 0.1) is 5.92 Å². The van der Waals surface area contributed by atoms with Crippen molar-refractivity contribution in [3.8, 4) is 0 Å². The number of carbonyl (C=O) groups is 1. The third-order valence-electron chi connectivity index (χ3n) is 4.10. The average Bonchev–Trinajstić information content (AvgIpc) is 2.74. The SMILES string of the molecule is CC(C)[C@H]1CC[C@H]2CNC3=C=C=CC=C3C(=O)N21. The molecule has 0 aromatic heterocycles. The third kappa shape index (κ3) is 1.64. The quantitative estimate of drug-likeness (QED) is 0.710. The van der Waals surface area contributed by atoms with Crippen LogP contribution < -0.4 is 5.32 Å². The number of fused-ring (bicyclic) bond motifs is 2.